The smallest absolute Gasteiger partial charge is 0.246 e. The number of amides is 1. The van der Waals surface area contributed by atoms with Crippen molar-refractivity contribution in [1.82, 2.24) is 9.80 Å². The standard InChI is InChI=1S/C32H35ClN2O4/c1-32(26-9-3-2-4-10-26,27-13-15-28(33)16-14-27)39-23-7-18-34-19-21-35(22-20-34)31(38)11-6-5-8-25-12-17-29(36)30(37)24-25/h2-6,8-17,24,36-37H,7,18-23H2,1H3. The molecule has 204 valence electrons. The molecule has 1 atom stereocenters. The van der Waals surface area contributed by atoms with Crippen molar-refractivity contribution in [2.75, 3.05) is 39.3 Å². The summed E-state index contributed by atoms with van der Waals surface area (Å²) in [7, 11) is 0. The molecule has 1 heterocycles. The third-order valence-corrected chi connectivity index (χ3v) is 7.30. The van der Waals surface area contributed by atoms with E-state index < -0.39 is 5.60 Å². The van der Waals surface area contributed by atoms with Gasteiger partial charge in [0.2, 0.25) is 5.91 Å². The third kappa shape index (κ3) is 7.73. The molecule has 1 saturated heterocycles. The number of rotatable bonds is 10. The van der Waals surface area contributed by atoms with Crippen LogP contribution < -0.4 is 0 Å². The molecule has 2 N–H and O–H groups in total. The van der Waals surface area contributed by atoms with Gasteiger partial charge in [0, 0.05) is 50.4 Å². The second kappa shape index (κ2) is 13.5. The molecule has 4 rings (SSSR count). The summed E-state index contributed by atoms with van der Waals surface area (Å²) in [4.78, 5) is 16.8. The molecule has 0 radical (unpaired) electrons. The predicted octanol–water partition coefficient (Wildman–Crippen LogP) is 5.84. The average molecular weight is 547 g/mol. The Hall–Kier alpha value is -3.58. The largest absolute Gasteiger partial charge is 0.504 e. The van der Waals surface area contributed by atoms with Gasteiger partial charge in [0.15, 0.2) is 11.5 Å². The minimum Gasteiger partial charge on any atom is -0.504 e. The van der Waals surface area contributed by atoms with E-state index in [9.17, 15) is 15.0 Å². The maximum Gasteiger partial charge on any atom is 0.246 e. The number of nitrogens with zero attached hydrogens (tertiary/aromatic N) is 2. The van der Waals surface area contributed by atoms with E-state index in [4.69, 9.17) is 16.3 Å². The summed E-state index contributed by atoms with van der Waals surface area (Å²) in [6.07, 6.45) is 7.65. The zero-order valence-electron chi connectivity index (χ0n) is 22.2. The highest BCUT2D eigenvalue weighted by Gasteiger charge is 2.30. The number of phenols is 2. The number of halogens is 1. The first kappa shape index (κ1) is 28.4. The number of carbonyl (C=O) groups excluding carboxylic acids is 1. The van der Waals surface area contributed by atoms with Crippen molar-refractivity contribution in [2.45, 2.75) is 18.9 Å². The van der Waals surface area contributed by atoms with Crippen LogP contribution in [0.25, 0.3) is 6.08 Å². The number of phenolic OH excluding ortho intramolecular Hbond substituents is 2. The van der Waals surface area contributed by atoms with Gasteiger partial charge in [-0.05, 0) is 54.3 Å². The van der Waals surface area contributed by atoms with Crippen molar-refractivity contribution in [3.05, 3.63) is 113 Å². The Balaban J connectivity index is 1.22. The number of allylic oxidation sites excluding steroid dienone is 2. The van der Waals surface area contributed by atoms with Gasteiger partial charge >= 0.3 is 0 Å². The highest BCUT2D eigenvalue weighted by atomic mass is 35.5. The number of carbonyl (C=O) groups is 1. The van der Waals surface area contributed by atoms with Gasteiger partial charge in [-0.25, -0.2) is 0 Å². The molecule has 7 heteroatoms. The molecule has 1 amide bonds. The molecular weight excluding hydrogens is 512 g/mol. The van der Waals surface area contributed by atoms with E-state index in [0.717, 1.165) is 42.7 Å². The molecule has 0 aromatic heterocycles. The quantitative estimate of drug-likeness (QED) is 0.145. The Labute approximate surface area is 235 Å². The van der Waals surface area contributed by atoms with Gasteiger partial charge < -0.3 is 19.8 Å². The second-order valence-electron chi connectivity index (χ2n) is 9.74. The summed E-state index contributed by atoms with van der Waals surface area (Å²) in [6, 6.07) is 22.7. The van der Waals surface area contributed by atoms with Crippen LogP contribution in [0.15, 0.2) is 91.0 Å². The van der Waals surface area contributed by atoms with Crippen LogP contribution >= 0.6 is 11.6 Å². The van der Waals surface area contributed by atoms with Crippen LogP contribution in [0.4, 0.5) is 0 Å². The van der Waals surface area contributed by atoms with Gasteiger partial charge in [-0.2, -0.15) is 0 Å². The van der Waals surface area contributed by atoms with Crippen molar-refractivity contribution in [1.29, 1.82) is 0 Å². The first-order chi connectivity index (χ1) is 18.8. The van der Waals surface area contributed by atoms with E-state index in [0.29, 0.717) is 24.7 Å². The lowest BCUT2D eigenvalue weighted by Gasteiger charge is -2.35. The fourth-order valence-corrected chi connectivity index (χ4v) is 4.79. The number of hydrogen-bond donors (Lipinski definition) is 2. The van der Waals surface area contributed by atoms with Crippen molar-refractivity contribution < 1.29 is 19.7 Å². The van der Waals surface area contributed by atoms with E-state index >= 15 is 0 Å². The summed E-state index contributed by atoms with van der Waals surface area (Å²) < 4.78 is 6.52. The first-order valence-corrected chi connectivity index (χ1v) is 13.6. The predicted molar refractivity (Wildman–Crippen MR) is 156 cm³/mol. The molecule has 0 bridgehead atoms. The molecular formula is C32H35ClN2O4. The van der Waals surface area contributed by atoms with Gasteiger partial charge in [-0.1, -0.05) is 78.4 Å². The monoisotopic (exact) mass is 546 g/mol. The van der Waals surface area contributed by atoms with Crippen molar-refractivity contribution in [3.63, 3.8) is 0 Å². The zero-order valence-corrected chi connectivity index (χ0v) is 22.9. The average Bonchev–Trinajstić information content (AvgIpc) is 2.96. The van der Waals surface area contributed by atoms with Gasteiger partial charge in [0.05, 0.1) is 0 Å². The Morgan fingerprint density at radius 2 is 1.62 bits per heavy atom. The van der Waals surface area contributed by atoms with Crippen molar-refractivity contribution in [3.8, 4) is 11.5 Å². The molecule has 3 aromatic rings. The molecule has 6 nitrogen and oxygen atoms in total. The van der Waals surface area contributed by atoms with Crippen LogP contribution in [0.2, 0.25) is 5.02 Å². The Morgan fingerprint density at radius 3 is 2.31 bits per heavy atom. The summed E-state index contributed by atoms with van der Waals surface area (Å²) >= 11 is 6.12. The van der Waals surface area contributed by atoms with Crippen LogP contribution in [-0.4, -0.2) is 65.3 Å². The maximum atomic E-state index is 12.6. The van der Waals surface area contributed by atoms with Gasteiger partial charge in [-0.15, -0.1) is 0 Å². The van der Waals surface area contributed by atoms with E-state index in [2.05, 4.69) is 24.0 Å². The second-order valence-corrected chi connectivity index (χ2v) is 10.2. The molecule has 0 saturated carbocycles. The fraction of sp³-hybridized carbons (Fsp3) is 0.281. The Kier molecular flexibility index (Phi) is 9.82. The van der Waals surface area contributed by atoms with E-state index in [1.54, 1.807) is 30.4 Å². The molecule has 0 aliphatic carbocycles. The third-order valence-electron chi connectivity index (χ3n) is 7.05. The maximum absolute atomic E-state index is 12.6. The van der Waals surface area contributed by atoms with E-state index in [-0.39, 0.29) is 17.4 Å². The highest BCUT2D eigenvalue weighted by Crippen LogP contribution is 2.34. The number of benzene rings is 3. The minimum atomic E-state index is -0.569. The highest BCUT2D eigenvalue weighted by molar-refractivity contribution is 6.30. The first-order valence-electron chi connectivity index (χ1n) is 13.2. The molecule has 1 unspecified atom stereocenters. The van der Waals surface area contributed by atoms with E-state index in [1.807, 2.05) is 47.4 Å². The van der Waals surface area contributed by atoms with Crippen LogP contribution in [0.5, 0.6) is 11.5 Å². The minimum absolute atomic E-state index is 0.0159. The number of hydrogen-bond acceptors (Lipinski definition) is 5. The summed E-state index contributed by atoms with van der Waals surface area (Å²) in [5.41, 5.74) is 2.33. The lowest BCUT2D eigenvalue weighted by molar-refractivity contribution is -0.127. The SMILES string of the molecule is CC(OCCCN1CCN(C(=O)C=CC=Cc2ccc(O)c(O)c2)CC1)(c1ccccc1)c1ccc(Cl)cc1. The summed E-state index contributed by atoms with van der Waals surface area (Å²) in [5.74, 6) is -0.348. The molecule has 1 fully saturated rings. The number of piperazine rings is 1. The van der Waals surface area contributed by atoms with Crippen molar-refractivity contribution in [2.24, 2.45) is 0 Å². The topological polar surface area (TPSA) is 73.2 Å². The molecule has 1 aliphatic rings. The fourth-order valence-electron chi connectivity index (χ4n) is 4.67. The number of aromatic hydroxyl groups is 2. The van der Waals surface area contributed by atoms with Crippen LogP contribution in [-0.2, 0) is 15.1 Å². The van der Waals surface area contributed by atoms with Gasteiger partial charge in [-0.3, -0.25) is 9.69 Å². The van der Waals surface area contributed by atoms with Gasteiger partial charge in [0.25, 0.3) is 0 Å². The lowest BCUT2D eigenvalue weighted by Crippen LogP contribution is -2.48. The molecule has 0 spiro atoms. The molecule has 1 aliphatic heterocycles. The summed E-state index contributed by atoms with van der Waals surface area (Å²) in [6.45, 7) is 6.66. The zero-order chi connectivity index (χ0) is 27.7. The Bertz CT molecular complexity index is 1290. The van der Waals surface area contributed by atoms with Crippen LogP contribution in [0.3, 0.4) is 0 Å². The molecule has 39 heavy (non-hydrogen) atoms. The molecule has 3 aromatic carbocycles. The normalized spacial score (nSPS) is 16.1. The lowest BCUT2D eigenvalue weighted by atomic mass is 9.88. The van der Waals surface area contributed by atoms with Crippen LogP contribution in [0, 0.1) is 0 Å². The van der Waals surface area contributed by atoms with E-state index in [1.165, 1.54) is 12.1 Å². The summed E-state index contributed by atoms with van der Waals surface area (Å²) in [5, 5.41) is 19.7. The van der Waals surface area contributed by atoms with Crippen molar-refractivity contribution >= 4 is 23.6 Å². The van der Waals surface area contributed by atoms with Crippen LogP contribution in [0.1, 0.15) is 30.0 Å². The number of ether oxygens (including phenoxy) is 1. The van der Waals surface area contributed by atoms with Gasteiger partial charge in [0.1, 0.15) is 5.60 Å². The Morgan fingerprint density at radius 1 is 0.923 bits per heavy atom.